The summed E-state index contributed by atoms with van der Waals surface area (Å²) in [7, 11) is 0. The largest absolute Gasteiger partial charge is 0.343 e. The topological polar surface area (TPSA) is 32.3 Å². The molecule has 1 N–H and O–H groups in total. The zero-order chi connectivity index (χ0) is 13.8. The van der Waals surface area contributed by atoms with Crippen LogP contribution in [0.2, 0.25) is 0 Å². The molecular formula is C15H21BrN2O. The van der Waals surface area contributed by atoms with E-state index in [0.29, 0.717) is 12.0 Å². The van der Waals surface area contributed by atoms with Gasteiger partial charge in [0.1, 0.15) is 0 Å². The highest BCUT2D eigenvalue weighted by molar-refractivity contribution is 9.10. The average Bonchev–Trinajstić information content (AvgIpc) is 2.39. The predicted molar refractivity (Wildman–Crippen MR) is 80.8 cm³/mol. The summed E-state index contributed by atoms with van der Waals surface area (Å²) in [5.41, 5.74) is 1.30. The van der Waals surface area contributed by atoms with E-state index < -0.39 is 0 Å². The zero-order valence-electron chi connectivity index (χ0n) is 11.5. The molecule has 0 saturated carbocycles. The Morgan fingerprint density at radius 2 is 2.11 bits per heavy atom. The molecule has 0 radical (unpaired) electrons. The van der Waals surface area contributed by atoms with Gasteiger partial charge in [0, 0.05) is 37.1 Å². The van der Waals surface area contributed by atoms with Crippen molar-refractivity contribution < 1.29 is 4.79 Å². The Kier molecular flexibility index (Phi) is 4.99. The van der Waals surface area contributed by atoms with E-state index in [1.807, 2.05) is 4.90 Å². The molecule has 104 valence electrons. The Morgan fingerprint density at radius 3 is 2.68 bits per heavy atom. The van der Waals surface area contributed by atoms with Crippen molar-refractivity contribution in [3.05, 3.63) is 34.3 Å². The number of nitrogens with zero attached hydrogens (tertiary/aromatic N) is 1. The third kappa shape index (κ3) is 4.05. The number of nitrogens with one attached hydrogen (secondary N) is 1. The molecule has 0 aromatic heterocycles. The molecule has 0 spiro atoms. The van der Waals surface area contributed by atoms with E-state index in [-0.39, 0.29) is 5.91 Å². The summed E-state index contributed by atoms with van der Waals surface area (Å²) in [4.78, 5) is 13.3. The van der Waals surface area contributed by atoms with Gasteiger partial charge in [-0.25, -0.2) is 0 Å². The number of carbonyl (C=O) groups excluding carboxylic acids is 1. The molecule has 2 rings (SSSR count). The molecule has 0 aliphatic carbocycles. The molecule has 1 heterocycles. The number of amides is 1. The Morgan fingerprint density at radius 1 is 1.42 bits per heavy atom. The summed E-state index contributed by atoms with van der Waals surface area (Å²) in [5, 5.41) is 3.61. The summed E-state index contributed by atoms with van der Waals surface area (Å²) in [6.07, 6.45) is 1.04. The highest BCUT2D eigenvalue weighted by atomic mass is 79.9. The number of hydrogen-bond donors (Lipinski definition) is 1. The van der Waals surface area contributed by atoms with Gasteiger partial charge in [-0.15, -0.1) is 0 Å². The minimum atomic E-state index is 0.193. The van der Waals surface area contributed by atoms with Gasteiger partial charge in [-0.05, 0) is 30.0 Å². The number of hydrogen-bond acceptors (Lipinski definition) is 2. The molecule has 1 aromatic carbocycles. The number of piperidine rings is 1. The number of likely N-dealkylation sites (tertiary alicyclic amines) is 1. The van der Waals surface area contributed by atoms with Crippen LogP contribution in [0.3, 0.4) is 0 Å². The van der Waals surface area contributed by atoms with Gasteiger partial charge in [0.2, 0.25) is 5.91 Å². The van der Waals surface area contributed by atoms with Gasteiger partial charge < -0.3 is 10.2 Å². The van der Waals surface area contributed by atoms with Gasteiger partial charge in [-0.3, -0.25) is 4.79 Å². The van der Waals surface area contributed by atoms with Crippen molar-refractivity contribution in [1.82, 2.24) is 10.2 Å². The number of rotatable bonds is 3. The monoisotopic (exact) mass is 324 g/mol. The molecule has 1 saturated heterocycles. The van der Waals surface area contributed by atoms with Crippen LogP contribution in [0.4, 0.5) is 0 Å². The molecule has 1 amide bonds. The predicted octanol–water partition coefficient (Wildman–Crippen LogP) is 2.80. The van der Waals surface area contributed by atoms with Crippen LogP contribution >= 0.6 is 15.9 Å². The normalized spacial score (nSPS) is 23.4. The summed E-state index contributed by atoms with van der Waals surface area (Å²) in [5.74, 6) is 0.700. The van der Waals surface area contributed by atoms with Crippen LogP contribution < -0.4 is 5.32 Å². The molecule has 3 nitrogen and oxygen atoms in total. The summed E-state index contributed by atoms with van der Waals surface area (Å²) in [6.45, 7) is 6.50. The van der Waals surface area contributed by atoms with Crippen LogP contribution in [0, 0.1) is 5.92 Å². The maximum Gasteiger partial charge on any atom is 0.219 e. The van der Waals surface area contributed by atoms with E-state index in [2.05, 4.69) is 52.4 Å². The Hall–Kier alpha value is -0.870. The van der Waals surface area contributed by atoms with E-state index in [0.717, 1.165) is 30.5 Å². The second kappa shape index (κ2) is 6.53. The van der Waals surface area contributed by atoms with Gasteiger partial charge >= 0.3 is 0 Å². The highest BCUT2D eigenvalue weighted by Crippen LogP contribution is 2.18. The Labute approximate surface area is 123 Å². The third-order valence-corrected chi connectivity index (χ3v) is 4.36. The van der Waals surface area contributed by atoms with Crippen LogP contribution in [-0.4, -0.2) is 29.9 Å². The van der Waals surface area contributed by atoms with Crippen molar-refractivity contribution in [1.29, 1.82) is 0 Å². The van der Waals surface area contributed by atoms with Crippen molar-refractivity contribution in [3.63, 3.8) is 0 Å². The van der Waals surface area contributed by atoms with Crippen molar-refractivity contribution in [2.75, 3.05) is 13.1 Å². The standard InChI is InChI=1S/C15H21BrN2O/c1-11-10-18(12(2)19)8-7-15(11)17-9-13-3-5-14(16)6-4-13/h3-6,11,15,17H,7-10H2,1-2H3/t11-,15-/m1/s1. The fraction of sp³-hybridized carbons (Fsp3) is 0.533. The minimum Gasteiger partial charge on any atom is -0.343 e. The van der Waals surface area contributed by atoms with Crippen LogP contribution in [-0.2, 0) is 11.3 Å². The van der Waals surface area contributed by atoms with Crippen molar-refractivity contribution in [2.45, 2.75) is 32.9 Å². The maximum atomic E-state index is 11.4. The molecule has 1 aliphatic heterocycles. The third-order valence-electron chi connectivity index (χ3n) is 3.83. The van der Waals surface area contributed by atoms with Gasteiger partial charge in [-0.1, -0.05) is 35.0 Å². The van der Waals surface area contributed by atoms with E-state index in [9.17, 15) is 4.79 Å². The van der Waals surface area contributed by atoms with Gasteiger partial charge in [-0.2, -0.15) is 0 Å². The van der Waals surface area contributed by atoms with Crippen LogP contribution in [0.25, 0.3) is 0 Å². The number of carbonyl (C=O) groups is 1. The zero-order valence-corrected chi connectivity index (χ0v) is 13.1. The van der Waals surface area contributed by atoms with Gasteiger partial charge in [0.05, 0.1) is 0 Å². The van der Waals surface area contributed by atoms with Gasteiger partial charge in [0.15, 0.2) is 0 Å². The smallest absolute Gasteiger partial charge is 0.219 e. The lowest BCUT2D eigenvalue weighted by Gasteiger charge is -2.37. The van der Waals surface area contributed by atoms with Crippen LogP contribution in [0.15, 0.2) is 28.7 Å². The SMILES string of the molecule is CC(=O)N1CC[C@@H](NCc2ccc(Br)cc2)[C@H](C)C1. The first-order valence-corrected chi connectivity index (χ1v) is 7.59. The average molecular weight is 325 g/mol. The molecule has 1 aromatic rings. The molecular weight excluding hydrogens is 304 g/mol. The van der Waals surface area contributed by atoms with E-state index in [1.54, 1.807) is 6.92 Å². The minimum absolute atomic E-state index is 0.193. The first-order valence-electron chi connectivity index (χ1n) is 6.79. The number of halogens is 1. The highest BCUT2D eigenvalue weighted by Gasteiger charge is 2.26. The Bertz CT molecular complexity index is 432. The summed E-state index contributed by atoms with van der Waals surface area (Å²) in [6, 6.07) is 8.90. The van der Waals surface area contributed by atoms with E-state index in [1.165, 1.54) is 5.56 Å². The molecule has 1 aliphatic rings. The lowest BCUT2D eigenvalue weighted by atomic mass is 9.93. The van der Waals surface area contributed by atoms with Crippen molar-refractivity contribution in [3.8, 4) is 0 Å². The Balaban J connectivity index is 1.84. The fourth-order valence-corrected chi connectivity index (χ4v) is 2.85. The van der Waals surface area contributed by atoms with E-state index in [4.69, 9.17) is 0 Å². The van der Waals surface area contributed by atoms with Crippen LogP contribution in [0.1, 0.15) is 25.8 Å². The molecule has 0 unspecified atom stereocenters. The van der Waals surface area contributed by atoms with Crippen LogP contribution in [0.5, 0.6) is 0 Å². The second-order valence-corrected chi connectivity index (χ2v) is 6.26. The van der Waals surface area contributed by atoms with Crippen molar-refractivity contribution in [2.24, 2.45) is 5.92 Å². The molecule has 0 bridgehead atoms. The van der Waals surface area contributed by atoms with Gasteiger partial charge in [0.25, 0.3) is 0 Å². The molecule has 4 heteroatoms. The van der Waals surface area contributed by atoms with E-state index >= 15 is 0 Å². The first-order chi connectivity index (χ1) is 9.06. The summed E-state index contributed by atoms with van der Waals surface area (Å²) >= 11 is 3.44. The summed E-state index contributed by atoms with van der Waals surface area (Å²) < 4.78 is 1.11. The second-order valence-electron chi connectivity index (χ2n) is 5.34. The fourth-order valence-electron chi connectivity index (χ4n) is 2.59. The number of benzene rings is 1. The molecule has 19 heavy (non-hydrogen) atoms. The first kappa shape index (κ1) is 14.5. The maximum absolute atomic E-state index is 11.4. The lowest BCUT2D eigenvalue weighted by molar-refractivity contribution is -0.130. The molecule has 2 atom stereocenters. The lowest BCUT2D eigenvalue weighted by Crippen LogP contribution is -2.49. The molecule has 1 fully saturated rings. The van der Waals surface area contributed by atoms with Crippen molar-refractivity contribution >= 4 is 21.8 Å². The quantitative estimate of drug-likeness (QED) is 0.927.